The lowest BCUT2D eigenvalue weighted by Crippen LogP contribution is -2.37. The number of nitrogens with one attached hydrogen (secondary N) is 2. The average molecular weight is 385 g/mol. The first-order chi connectivity index (χ1) is 13.0. The van der Waals surface area contributed by atoms with Gasteiger partial charge in [-0.3, -0.25) is 14.5 Å². The predicted molar refractivity (Wildman–Crippen MR) is 107 cm³/mol. The van der Waals surface area contributed by atoms with Crippen molar-refractivity contribution in [3.8, 4) is 0 Å². The van der Waals surface area contributed by atoms with Crippen LogP contribution in [0, 0.1) is 0 Å². The molecular formula is C20H21ClN4O2. The van der Waals surface area contributed by atoms with Crippen LogP contribution in [0.2, 0.25) is 5.02 Å². The van der Waals surface area contributed by atoms with Crippen LogP contribution in [0.1, 0.15) is 18.3 Å². The van der Waals surface area contributed by atoms with Gasteiger partial charge >= 0.3 is 0 Å². The van der Waals surface area contributed by atoms with Crippen molar-refractivity contribution >= 4 is 28.4 Å². The van der Waals surface area contributed by atoms with Crippen LogP contribution in [0.5, 0.6) is 0 Å². The van der Waals surface area contributed by atoms with Crippen molar-refractivity contribution in [2.75, 3.05) is 13.1 Å². The number of rotatable bonds is 7. The molecule has 0 unspecified atom stereocenters. The highest BCUT2D eigenvalue weighted by Crippen LogP contribution is 2.09. The van der Waals surface area contributed by atoms with Crippen molar-refractivity contribution in [1.82, 2.24) is 20.2 Å². The first-order valence-electron chi connectivity index (χ1n) is 8.76. The Morgan fingerprint density at radius 3 is 2.67 bits per heavy atom. The maximum absolute atomic E-state index is 12.3. The molecule has 3 rings (SSSR count). The van der Waals surface area contributed by atoms with Gasteiger partial charge in [0, 0.05) is 11.6 Å². The summed E-state index contributed by atoms with van der Waals surface area (Å²) in [6, 6.07) is 14.6. The van der Waals surface area contributed by atoms with Gasteiger partial charge in [-0.1, -0.05) is 42.8 Å². The van der Waals surface area contributed by atoms with E-state index in [4.69, 9.17) is 11.6 Å². The van der Waals surface area contributed by atoms with Crippen molar-refractivity contribution in [3.05, 3.63) is 75.3 Å². The van der Waals surface area contributed by atoms with Gasteiger partial charge in [0.15, 0.2) is 0 Å². The molecule has 140 valence electrons. The second kappa shape index (κ2) is 8.79. The minimum absolute atomic E-state index is 0.0880. The number of fused-ring (bicyclic) bond motifs is 1. The summed E-state index contributed by atoms with van der Waals surface area (Å²) >= 11 is 5.86. The minimum atomic E-state index is -0.168. The third-order valence-corrected chi connectivity index (χ3v) is 4.50. The van der Waals surface area contributed by atoms with Gasteiger partial charge in [-0.25, -0.2) is 4.98 Å². The van der Waals surface area contributed by atoms with Crippen molar-refractivity contribution in [1.29, 1.82) is 0 Å². The summed E-state index contributed by atoms with van der Waals surface area (Å²) in [6.07, 6.45) is 0. The van der Waals surface area contributed by atoms with E-state index in [2.05, 4.69) is 15.3 Å². The van der Waals surface area contributed by atoms with Crippen molar-refractivity contribution in [2.24, 2.45) is 0 Å². The molecule has 0 aliphatic rings. The third kappa shape index (κ3) is 5.15. The van der Waals surface area contributed by atoms with E-state index < -0.39 is 0 Å². The van der Waals surface area contributed by atoms with Gasteiger partial charge in [0.1, 0.15) is 5.82 Å². The van der Waals surface area contributed by atoms with E-state index in [1.54, 1.807) is 18.2 Å². The highest BCUT2D eigenvalue weighted by atomic mass is 35.5. The van der Waals surface area contributed by atoms with E-state index in [9.17, 15) is 9.59 Å². The number of hydrogen-bond acceptors (Lipinski definition) is 4. The van der Waals surface area contributed by atoms with E-state index in [1.807, 2.05) is 42.2 Å². The fourth-order valence-corrected chi connectivity index (χ4v) is 2.89. The lowest BCUT2D eigenvalue weighted by Gasteiger charge is -2.19. The normalized spacial score (nSPS) is 11.1. The Balaban J connectivity index is 1.61. The fraction of sp³-hybridized carbons (Fsp3) is 0.250. The fourth-order valence-electron chi connectivity index (χ4n) is 2.76. The molecule has 0 saturated carbocycles. The highest BCUT2D eigenvalue weighted by molar-refractivity contribution is 6.30. The third-order valence-electron chi connectivity index (χ3n) is 4.25. The van der Waals surface area contributed by atoms with Crippen LogP contribution in [-0.2, 0) is 17.9 Å². The van der Waals surface area contributed by atoms with E-state index in [-0.39, 0.29) is 18.0 Å². The second-order valence-corrected chi connectivity index (χ2v) is 6.67. The van der Waals surface area contributed by atoms with Crippen LogP contribution >= 0.6 is 11.6 Å². The Labute approximate surface area is 162 Å². The van der Waals surface area contributed by atoms with Crippen LogP contribution in [0.15, 0.2) is 53.3 Å². The van der Waals surface area contributed by atoms with E-state index in [0.717, 1.165) is 5.56 Å². The Bertz CT molecular complexity index is 985. The number of amides is 1. The number of aromatic nitrogens is 2. The molecule has 27 heavy (non-hydrogen) atoms. The number of carbonyl (C=O) groups excluding carboxylic acids is 1. The molecule has 0 aliphatic carbocycles. The maximum atomic E-state index is 12.3. The smallest absolute Gasteiger partial charge is 0.258 e. The van der Waals surface area contributed by atoms with E-state index >= 15 is 0 Å². The molecule has 0 atom stereocenters. The minimum Gasteiger partial charge on any atom is -0.351 e. The van der Waals surface area contributed by atoms with Crippen LogP contribution in [0.25, 0.3) is 10.9 Å². The Morgan fingerprint density at radius 1 is 1.19 bits per heavy atom. The molecule has 1 heterocycles. The molecule has 2 N–H and O–H groups in total. The first-order valence-corrected chi connectivity index (χ1v) is 9.14. The van der Waals surface area contributed by atoms with Crippen molar-refractivity contribution in [2.45, 2.75) is 20.0 Å². The molecular weight excluding hydrogens is 364 g/mol. The van der Waals surface area contributed by atoms with Gasteiger partial charge in [0.25, 0.3) is 5.56 Å². The standard InChI is InChI=1S/C20H21ClN4O2/c1-2-25(13-19(26)22-11-14-7-9-15(21)10-8-14)12-18-23-17-6-4-3-5-16(17)20(27)24-18/h3-10H,2,11-13H2,1H3,(H,22,26)(H,23,24,27). The van der Waals surface area contributed by atoms with Gasteiger partial charge in [0.05, 0.1) is 24.0 Å². The van der Waals surface area contributed by atoms with Crippen LogP contribution in [0.4, 0.5) is 0 Å². The SMILES string of the molecule is CCN(CC(=O)NCc1ccc(Cl)cc1)Cc1nc2ccccc2c(=O)[nH]1. The maximum Gasteiger partial charge on any atom is 0.258 e. The zero-order chi connectivity index (χ0) is 19.2. The van der Waals surface area contributed by atoms with Crippen LogP contribution in [0.3, 0.4) is 0 Å². The Hall–Kier alpha value is -2.70. The molecule has 6 nitrogen and oxygen atoms in total. The van der Waals surface area contributed by atoms with E-state index in [0.29, 0.717) is 41.4 Å². The number of hydrogen-bond donors (Lipinski definition) is 2. The number of H-pyrrole nitrogens is 1. The van der Waals surface area contributed by atoms with Gasteiger partial charge in [-0.05, 0) is 36.4 Å². The number of carbonyl (C=O) groups is 1. The largest absolute Gasteiger partial charge is 0.351 e. The second-order valence-electron chi connectivity index (χ2n) is 6.24. The number of nitrogens with zero attached hydrogens (tertiary/aromatic N) is 2. The zero-order valence-corrected chi connectivity index (χ0v) is 15.8. The number of likely N-dealkylation sites (N-methyl/N-ethyl adjacent to an activating group) is 1. The van der Waals surface area contributed by atoms with Crippen LogP contribution in [-0.4, -0.2) is 33.9 Å². The number of aromatic amines is 1. The van der Waals surface area contributed by atoms with E-state index in [1.165, 1.54) is 0 Å². The molecule has 0 spiro atoms. The topological polar surface area (TPSA) is 78.1 Å². The summed E-state index contributed by atoms with van der Waals surface area (Å²) in [6.45, 7) is 3.68. The summed E-state index contributed by atoms with van der Waals surface area (Å²) in [5, 5.41) is 4.12. The summed E-state index contributed by atoms with van der Waals surface area (Å²) in [5.41, 5.74) is 1.47. The number of halogens is 1. The molecule has 0 fully saturated rings. The molecule has 0 radical (unpaired) electrons. The molecule has 7 heteroatoms. The lowest BCUT2D eigenvalue weighted by molar-refractivity contribution is -0.122. The summed E-state index contributed by atoms with van der Waals surface area (Å²) in [5.74, 6) is 0.459. The van der Waals surface area contributed by atoms with Crippen LogP contribution < -0.4 is 10.9 Å². The lowest BCUT2D eigenvalue weighted by atomic mass is 10.2. The zero-order valence-electron chi connectivity index (χ0n) is 15.0. The monoisotopic (exact) mass is 384 g/mol. The van der Waals surface area contributed by atoms with Gasteiger partial charge in [0.2, 0.25) is 5.91 Å². The number of benzene rings is 2. The molecule has 2 aromatic carbocycles. The molecule has 0 saturated heterocycles. The highest BCUT2D eigenvalue weighted by Gasteiger charge is 2.12. The summed E-state index contributed by atoms with van der Waals surface area (Å²) in [7, 11) is 0. The average Bonchev–Trinajstić information content (AvgIpc) is 2.67. The summed E-state index contributed by atoms with van der Waals surface area (Å²) < 4.78 is 0. The predicted octanol–water partition coefficient (Wildman–Crippen LogP) is 2.71. The van der Waals surface area contributed by atoms with Gasteiger partial charge in [-0.15, -0.1) is 0 Å². The molecule has 3 aromatic rings. The quantitative estimate of drug-likeness (QED) is 0.656. The molecule has 0 aliphatic heterocycles. The van der Waals surface area contributed by atoms with Gasteiger partial charge in [-0.2, -0.15) is 0 Å². The molecule has 1 amide bonds. The van der Waals surface area contributed by atoms with Gasteiger partial charge < -0.3 is 10.3 Å². The Kier molecular flexibility index (Phi) is 6.21. The molecule has 0 bridgehead atoms. The Morgan fingerprint density at radius 2 is 1.93 bits per heavy atom. The van der Waals surface area contributed by atoms with Crippen molar-refractivity contribution < 1.29 is 4.79 Å². The van der Waals surface area contributed by atoms with Crippen molar-refractivity contribution in [3.63, 3.8) is 0 Å². The number of para-hydroxylation sites is 1. The first kappa shape index (κ1) is 19.1. The molecule has 1 aromatic heterocycles. The summed E-state index contributed by atoms with van der Waals surface area (Å²) in [4.78, 5) is 33.6.